The Hall–Kier alpha value is -3.43. The summed E-state index contributed by atoms with van der Waals surface area (Å²) in [7, 11) is -3.85. The summed E-state index contributed by atoms with van der Waals surface area (Å²) < 4.78 is 29.9. The molecule has 0 spiro atoms. The van der Waals surface area contributed by atoms with E-state index < -0.39 is 10.0 Å². The maximum Gasteiger partial charge on any atom is 0.261 e. The second kappa shape index (κ2) is 8.49. The summed E-state index contributed by atoms with van der Waals surface area (Å²) in [6.07, 6.45) is 3.53. The summed E-state index contributed by atoms with van der Waals surface area (Å²) in [5.41, 5.74) is 1.43. The minimum absolute atomic E-state index is 0.0420. The van der Waals surface area contributed by atoms with Gasteiger partial charge in [-0.3, -0.25) is 13.9 Å². The number of nitrogens with zero attached hydrogens (tertiary/aromatic N) is 4. The summed E-state index contributed by atoms with van der Waals surface area (Å²) in [4.78, 5) is 15.1. The number of fused-ring (bicyclic) bond motifs is 1. The quantitative estimate of drug-likeness (QED) is 0.461. The lowest BCUT2D eigenvalue weighted by Crippen LogP contribution is -2.31. The van der Waals surface area contributed by atoms with Crippen molar-refractivity contribution >= 4 is 38.9 Å². The predicted molar refractivity (Wildman–Crippen MR) is 125 cm³/mol. The highest BCUT2D eigenvalue weighted by Crippen LogP contribution is 2.32. The number of sulfonamides is 1. The third-order valence-electron chi connectivity index (χ3n) is 5.68. The smallest absolute Gasteiger partial charge is 0.261 e. The molecule has 0 bridgehead atoms. The normalized spacial score (nSPS) is 16.3. The van der Waals surface area contributed by atoms with Gasteiger partial charge in [0.1, 0.15) is 0 Å². The first kappa shape index (κ1) is 21.4. The molecule has 33 heavy (non-hydrogen) atoms. The van der Waals surface area contributed by atoms with E-state index in [1.807, 2.05) is 28.8 Å². The molecule has 2 aromatic heterocycles. The number of anilines is 1. The van der Waals surface area contributed by atoms with Gasteiger partial charge in [0.25, 0.3) is 15.9 Å². The average Bonchev–Trinajstić information content (AvgIpc) is 3.47. The average molecular weight is 482 g/mol. The lowest BCUT2D eigenvalue weighted by atomic mass is 10.1. The van der Waals surface area contributed by atoms with Gasteiger partial charge in [0.15, 0.2) is 11.5 Å². The number of hydrogen-bond donors (Lipinski definition) is 1. The molecule has 0 aliphatic carbocycles. The summed E-state index contributed by atoms with van der Waals surface area (Å²) in [5, 5.41) is 8.82. The van der Waals surface area contributed by atoms with Gasteiger partial charge in [0, 0.05) is 18.3 Å². The molecule has 1 aliphatic rings. The van der Waals surface area contributed by atoms with Gasteiger partial charge < -0.3 is 4.90 Å². The number of rotatable bonds is 5. The molecule has 0 unspecified atom stereocenters. The molecule has 1 amide bonds. The van der Waals surface area contributed by atoms with Crippen LogP contribution in [0.3, 0.4) is 0 Å². The van der Waals surface area contributed by atoms with Crippen LogP contribution in [0.4, 0.5) is 5.69 Å². The Morgan fingerprint density at radius 3 is 2.55 bits per heavy atom. The Labute approximate surface area is 195 Å². The number of aromatic nitrogens is 3. The maximum atomic E-state index is 13.3. The highest BCUT2D eigenvalue weighted by atomic mass is 35.5. The maximum absolute atomic E-state index is 13.3. The molecule has 10 heteroatoms. The van der Waals surface area contributed by atoms with Crippen molar-refractivity contribution in [2.45, 2.75) is 23.8 Å². The van der Waals surface area contributed by atoms with Crippen molar-refractivity contribution in [3.8, 4) is 0 Å². The number of benzene rings is 2. The minimum atomic E-state index is -3.85. The van der Waals surface area contributed by atoms with E-state index in [4.69, 9.17) is 11.6 Å². The van der Waals surface area contributed by atoms with Crippen LogP contribution in [0.2, 0.25) is 5.02 Å². The van der Waals surface area contributed by atoms with Crippen molar-refractivity contribution in [1.82, 2.24) is 19.5 Å². The Kier molecular flexibility index (Phi) is 5.51. The zero-order chi connectivity index (χ0) is 23.0. The molecule has 2 aromatic carbocycles. The van der Waals surface area contributed by atoms with Crippen LogP contribution in [0.25, 0.3) is 5.65 Å². The van der Waals surface area contributed by atoms with Gasteiger partial charge >= 0.3 is 0 Å². The third-order valence-corrected chi connectivity index (χ3v) is 7.39. The van der Waals surface area contributed by atoms with Gasteiger partial charge in [0.05, 0.1) is 21.6 Å². The number of carbonyl (C=O) groups excluding carboxylic acids is 1. The number of pyridine rings is 1. The minimum Gasteiger partial charge on any atom is -0.328 e. The van der Waals surface area contributed by atoms with Crippen molar-refractivity contribution in [1.29, 1.82) is 0 Å². The standard InChI is InChI=1S/C23H20ClN5O3S/c24-18-6-1-2-7-19(18)27-33(31,32)17-12-10-16(11-13-17)23(30)28-15-5-8-20(28)22-26-25-21-9-3-4-14-29(21)22/h1-4,6-7,9-14,20,27H,5,8,15H2/t20-/m1/s1. The SMILES string of the molecule is O=C(c1ccc(S(=O)(=O)Nc2ccccc2Cl)cc1)N1CCC[C@@H]1c1nnc2ccccn12. The van der Waals surface area contributed by atoms with Crippen LogP contribution in [0.15, 0.2) is 77.8 Å². The molecule has 1 saturated heterocycles. The molecule has 4 aromatic rings. The second-order valence-corrected chi connectivity index (χ2v) is 9.84. The van der Waals surface area contributed by atoms with E-state index in [-0.39, 0.29) is 16.8 Å². The number of likely N-dealkylation sites (tertiary alicyclic amines) is 1. The first-order chi connectivity index (χ1) is 15.9. The number of halogens is 1. The number of para-hydroxylation sites is 1. The largest absolute Gasteiger partial charge is 0.328 e. The Morgan fingerprint density at radius 1 is 1.00 bits per heavy atom. The Balaban J connectivity index is 1.37. The van der Waals surface area contributed by atoms with Crippen LogP contribution in [0.1, 0.15) is 35.1 Å². The zero-order valence-corrected chi connectivity index (χ0v) is 19.0. The molecule has 168 valence electrons. The van der Waals surface area contributed by atoms with Crippen LogP contribution in [-0.4, -0.2) is 40.4 Å². The van der Waals surface area contributed by atoms with Crippen LogP contribution in [0.5, 0.6) is 0 Å². The van der Waals surface area contributed by atoms with Crippen LogP contribution in [0, 0.1) is 0 Å². The number of hydrogen-bond acceptors (Lipinski definition) is 5. The molecule has 5 rings (SSSR count). The number of amides is 1. The predicted octanol–water partition coefficient (Wildman–Crippen LogP) is 4.16. The molecule has 1 fully saturated rings. The first-order valence-corrected chi connectivity index (χ1v) is 12.3. The van der Waals surface area contributed by atoms with E-state index in [0.29, 0.717) is 22.8 Å². The highest BCUT2D eigenvalue weighted by Gasteiger charge is 2.33. The fraction of sp³-hybridized carbons (Fsp3) is 0.174. The fourth-order valence-corrected chi connectivity index (χ4v) is 5.37. The van der Waals surface area contributed by atoms with Crippen LogP contribution in [-0.2, 0) is 10.0 Å². The van der Waals surface area contributed by atoms with Gasteiger partial charge in [-0.2, -0.15) is 0 Å². The Bertz CT molecular complexity index is 1440. The van der Waals surface area contributed by atoms with Gasteiger partial charge in [-0.15, -0.1) is 10.2 Å². The van der Waals surface area contributed by atoms with Crippen molar-refractivity contribution in [3.05, 3.63) is 89.3 Å². The van der Waals surface area contributed by atoms with E-state index in [0.717, 1.165) is 24.3 Å². The van der Waals surface area contributed by atoms with E-state index in [9.17, 15) is 13.2 Å². The van der Waals surface area contributed by atoms with Crippen molar-refractivity contribution < 1.29 is 13.2 Å². The molecular weight excluding hydrogens is 462 g/mol. The summed E-state index contributed by atoms with van der Waals surface area (Å²) in [6.45, 7) is 0.597. The molecule has 1 aliphatic heterocycles. The molecule has 3 heterocycles. The molecule has 1 N–H and O–H groups in total. The number of nitrogens with one attached hydrogen (secondary N) is 1. The van der Waals surface area contributed by atoms with Crippen molar-refractivity contribution in [3.63, 3.8) is 0 Å². The van der Waals surface area contributed by atoms with Crippen molar-refractivity contribution in [2.24, 2.45) is 0 Å². The molecular formula is C23H20ClN5O3S. The zero-order valence-electron chi connectivity index (χ0n) is 17.4. The molecule has 0 saturated carbocycles. The van der Waals surface area contributed by atoms with E-state index >= 15 is 0 Å². The van der Waals surface area contributed by atoms with Crippen molar-refractivity contribution in [2.75, 3.05) is 11.3 Å². The molecule has 1 atom stereocenters. The second-order valence-electron chi connectivity index (χ2n) is 7.75. The van der Waals surface area contributed by atoms with E-state index in [1.54, 1.807) is 29.2 Å². The van der Waals surface area contributed by atoms with Gasteiger partial charge in [-0.1, -0.05) is 29.8 Å². The van der Waals surface area contributed by atoms with Crippen LogP contribution >= 0.6 is 11.6 Å². The topological polar surface area (TPSA) is 96.7 Å². The third kappa shape index (κ3) is 4.05. The Morgan fingerprint density at radius 2 is 1.76 bits per heavy atom. The fourth-order valence-electron chi connectivity index (χ4n) is 4.06. The summed E-state index contributed by atoms with van der Waals surface area (Å²) >= 11 is 6.06. The first-order valence-electron chi connectivity index (χ1n) is 10.4. The lowest BCUT2D eigenvalue weighted by Gasteiger charge is -2.23. The van der Waals surface area contributed by atoms with Gasteiger partial charge in [-0.25, -0.2) is 8.42 Å². The monoisotopic (exact) mass is 481 g/mol. The molecule has 0 radical (unpaired) electrons. The van der Waals surface area contributed by atoms with Gasteiger partial charge in [-0.05, 0) is 61.4 Å². The van der Waals surface area contributed by atoms with E-state index in [2.05, 4.69) is 14.9 Å². The number of carbonyl (C=O) groups is 1. The summed E-state index contributed by atoms with van der Waals surface area (Å²) in [5.74, 6) is 0.549. The highest BCUT2D eigenvalue weighted by molar-refractivity contribution is 7.92. The lowest BCUT2D eigenvalue weighted by molar-refractivity contribution is 0.0729. The van der Waals surface area contributed by atoms with Crippen LogP contribution < -0.4 is 4.72 Å². The summed E-state index contributed by atoms with van der Waals surface area (Å²) in [6, 6.07) is 18.0. The van der Waals surface area contributed by atoms with E-state index in [1.165, 1.54) is 24.3 Å². The molecule has 8 nitrogen and oxygen atoms in total. The van der Waals surface area contributed by atoms with Gasteiger partial charge in [0.2, 0.25) is 0 Å².